The first kappa shape index (κ1) is 17.1. The van der Waals surface area contributed by atoms with Gasteiger partial charge in [-0.25, -0.2) is 8.42 Å². The number of hydrogen-bond donors (Lipinski definition) is 0. The van der Waals surface area contributed by atoms with Crippen molar-refractivity contribution in [3.8, 4) is 0 Å². The SMILES string of the molecule is CN(Cc1ccco1)C(=O)[C@H]1CSCN1S(=O)(=O)c1ccccc1. The van der Waals surface area contributed by atoms with Crippen LogP contribution in [0.5, 0.6) is 0 Å². The predicted molar refractivity (Wildman–Crippen MR) is 91.8 cm³/mol. The van der Waals surface area contributed by atoms with Gasteiger partial charge in [0.25, 0.3) is 0 Å². The van der Waals surface area contributed by atoms with Crippen LogP contribution in [0.25, 0.3) is 0 Å². The van der Waals surface area contributed by atoms with E-state index in [0.717, 1.165) is 0 Å². The van der Waals surface area contributed by atoms with E-state index in [1.54, 1.807) is 55.8 Å². The second-order valence-electron chi connectivity index (χ2n) is 5.49. The van der Waals surface area contributed by atoms with E-state index in [9.17, 15) is 13.2 Å². The Hall–Kier alpha value is -1.77. The van der Waals surface area contributed by atoms with Crippen LogP contribution in [0.4, 0.5) is 0 Å². The van der Waals surface area contributed by atoms with Crippen molar-refractivity contribution >= 4 is 27.7 Å². The molecule has 1 aromatic heterocycles. The number of sulfonamides is 1. The standard InChI is InChI=1S/C16H18N2O4S2/c1-17(10-13-6-5-9-22-13)16(19)15-11-23-12-18(15)24(20,21)14-7-3-2-4-8-14/h2-9,15H,10-12H2,1H3/t15-/m1/s1. The summed E-state index contributed by atoms with van der Waals surface area (Å²) in [6.07, 6.45) is 1.55. The second kappa shape index (κ2) is 7.00. The van der Waals surface area contributed by atoms with E-state index in [-0.39, 0.29) is 16.7 Å². The second-order valence-corrected chi connectivity index (χ2v) is 8.38. The molecule has 0 bridgehead atoms. The highest BCUT2D eigenvalue weighted by molar-refractivity contribution is 8.00. The Balaban J connectivity index is 1.79. The van der Waals surface area contributed by atoms with Crippen molar-refractivity contribution in [1.29, 1.82) is 0 Å². The van der Waals surface area contributed by atoms with E-state index in [1.807, 2.05) is 0 Å². The molecule has 3 rings (SSSR count). The van der Waals surface area contributed by atoms with Gasteiger partial charge in [-0.05, 0) is 24.3 Å². The molecule has 1 aliphatic heterocycles. The third-order valence-corrected chi connectivity index (χ3v) is 6.87. The molecule has 0 spiro atoms. The van der Waals surface area contributed by atoms with E-state index in [0.29, 0.717) is 18.1 Å². The molecule has 0 saturated carbocycles. The van der Waals surface area contributed by atoms with Crippen LogP contribution in [0.2, 0.25) is 0 Å². The molecule has 8 heteroatoms. The lowest BCUT2D eigenvalue weighted by Gasteiger charge is -2.26. The zero-order valence-electron chi connectivity index (χ0n) is 13.2. The smallest absolute Gasteiger partial charge is 0.244 e. The van der Waals surface area contributed by atoms with Crippen molar-refractivity contribution in [1.82, 2.24) is 9.21 Å². The largest absolute Gasteiger partial charge is 0.467 e. The number of nitrogens with zero attached hydrogens (tertiary/aromatic N) is 2. The molecule has 2 heterocycles. The van der Waals surface area contributed by atoms with Gasteiger partial charge in [-0.15, -0.1) is 11.8 Å². The summed E-state index contributed by atoms with van der Waals surface area (Å²) in [6, 6.07) is 11.1. The number of likely N-dealkylation sites (N-methyl/N-ethyl adjacent to an activating group) is 1. The Morgan fingerprint density at radius 3 is 2.71 bits per heavy atom. The molecule has 6 nitrogen and oxygen atoms in total. The molecule has 1 atom stereocenters. The van der Waals surface area contributed by atoms with Crippen molar-refractivity contribution in [2.45, 2.75) is 17.5 Å². The minimum absolute atomic E-state index is 0.207. The van der Waals surface area contributed by atoms with Gasteiger partial charge in [0.1, 0.15) is 11.8 Å². The van der Waals surface area contributed by atoms with Crippen LogP contribution in [0.1, 0.15) is 5.76 Å². The number of hydrogen-bond acceptors (Lipinski definition) is 5. The zero-order chi connectivity index (χ0) is 17.2. The maximum absolute atomic E-state index is 12.8. The first-order valence-electron chi connectivity index (χ1n) is 7.42. The number of rotatable bonds is 5. The summed E-state index contributed by atoms with van der Waals surface area (Å²) >= 11 is 1.44. The molecule has 0 radical (unpaired) electrons. The maximum Gasteiger partial charge on any atom is 0.244 e. The first-order chi connectivity index (χ1) is 11.5. The Labute approximate surface area is 145 Å². The van der Waals surface area contributed by atoms with Gasteiger partial charge in [0.2, 0.25) is 15.9 Å². The quantitative estimate of drug-likeness (QED) is 0.809. The highest BCUT2D eigenvalue weighted by Crippen LogP contribution is 2.29. The lowest BCUT2D eigenvalue weighted by molar-refractivity contribution is -0.133. The van der Waals surface area contributed by atoms with E-state index >= 15 is 0 Å². The lowest BCUT2D eigenvalue weighted by atomic mass is 10.3. The lowest BCUT2D eigenvalue weighted by Crippen LogP contribution is -2.47. The Kier molecular flexibility index (Phi) is 4.98. The van der Waals surface area contributed by atoms with Crippen LogP contribution in [-0.2, 0) is 21.4 Å². The fourth-order valence-corrected chi connectivity index (χ4v) is 5.71. The molecular formula is C16H18N2O4S2. The van der Waals surface area contributed by atoms with Crippen molar-refractivity contribution < 1.29 is 17.6 Å². The number of furan rings is 1. The summed E-state index contributed by atoms with van der Waals surface area (Å²) in [7, 11) is -2.03. The van der Waals surface area contributed by atoms with Crippen molar-refractivity contribution in [2.75, 3.05) is 18.7 Å². The first-order valence-corrected chi connectivity index (χ1v) is 10.0. The summed E-state index contributed by atoms with van der Waals surface area (Å²) in [5.74, 6) is 1.17. The summed E-state index contributed by atoms with van der Waals surface area (Å²) < 4.78 is 32.2. The molecule has 24 heavy (non-hydrogen) atoms. The number of carbonyl (C=O) groups excluding carboxylic acids is 1. The third-order valence-electron chi connectivity index (χ3n) is 3.83. The highest BCUT2D eigenvalue weighted by Gasteiger charge is 2.41. The summed E-state index contributed by atoms with van der Waals surface area (Å²) in [5, 5.41) is 0. The normalized spacial score (nSPS) is 18.6. The average Bonchev–Trinajstić information content (AvgIpc) is 3.26. The van der Waals surface area contributed by atoms with E-state index in [2.05, 4.69) is 0 Å². The fourth-order valence-electron chi connectivity index (χ4n) is 2.56. The maximum atomic E-state index is 12.8. The summed E-state index contributed by atoms with van der Waals surface area (Å²) in [4.78, 5) is 14.4. The molecule has 0 aliphatic carbocycles. The Bertz CT molecular complexity index is 791. The van der Waals surface area contributed by atoms with Gasteiger partial charge in [0.15, 0.2) is 0 Å². The summed E-state index contributed by atoms with van der Waals surface area (Å²) in [6.45, 7) is 0.312. The molecule has 2 aromatic rings. The van der Waals surface area contributed by atoms with Crippen LogP contribution < -0.4 is 0 Å². The number of thioether (sulfide) groups is 1. The minimum Gasteiger partial charge on any atom is -0.467 e. The van der Waals surface area contributed by atoms with Crippen LogP contribution in [-0.4, -0.2) is 48.2 Å². The molecule has 1 amide bonds. The van der Waals surface area contributed by atoms with Crippen LogP contribution in [0.15, 0.2) is 58.0 Å². The minimum atomic E-state index is -3.69. The highest BCUT2D eigenvalue weighted by atomic mass is 32.2. The molecule has 128 valence electrons. The van der Waals surface area contributed by atoms with Crippen molar-refractivity contribution in [3.63, 3.8) is 0 Å². The molecule has 1 fully saturated rings. The van der Waals surface area contributed by atoms with Gasteiger partial charge < -0.3 is 9.32 Å². The Morgan fingerprint density at radius 2 is 2.04 bits per heavy atom. The number of benzene rings is 1. The van der Waals surface area contributed by atoms with Gasteiger partial charge in [0.05, 0.1) is 23.6 Å². The van der Waals surface area contributed by atoms with Gasteiger partial charge in [-0.2, -0.15) is 4.31 Å². The molecule has 1 aromatic carbocycles. The van der Waals surface area contributed by atoms with Crippen LogP contribution >= 0.6 is 11.8 Å². The number of carbonyl (C=O) groups is 1. The third kappa shape index (κ3) is 3.35. The summed E-state index contributed by atoms with van der Waals surface area (Å²) in [5.41, 5.74) is 0. The molecule has 0 unspecified atom stereocenters. The van der Waals surface area contributed by atoms with Gasteiger partial charge in [-0.1, -0.05) is 18.2 Å². The monoisotopic (exact) mass is 366 g/mol. The van der Waals surface area contributed by atoms with Gasteiger partial charge >= 0.3 is 0 Å². The Morgan fingerprint density at radius 1 is 1.29 bits per heavy atom. The molecular weight excluding hydrogens is 348 g/mol. The van der Waals surface area contributed by atoms with E-state index < -0.39 is 16.1 Å². The average molecular weight is 366 g/mol. The van der Waals surface area contributed by atoms with Crippen molar-refractivity contribution in [3.05, 3.63) is 54.5 Å². The van der Waals surface area contributed by atoms with Crippen LogP contribution in [0.3, 0.4) is 0 Å². The number of amides is 1. The molecule has 0 N–H and O–H groups in total. The van der Waals surface area contributed by atoms with Gasteiger partial charge in [0, 0.05) is 12.8 Å². The zero-order valence-corrected chi connectivity index (χ0v) is 14.8. The van der Waals surface area contributed by atoms with Crippen molar-refractivity contribution in [2.24, 2.45) is 0 Å². The van der Waals surface area contributed by atoms with E-state index in [1.165, 1.54) is 21.0 Å². The molecule has 1 aliphatic rings. The van der Waals surface area contributed by atoms with Gasteiger partial charge in [-0.3, -0.25) is 4.79 Å². The molecule has 1 saturated heterocycles. The predicted octanol–water partition coefficient (Wildman–Crippen LogP) is 2.00. The topological polar surface area (TPSA) is 70.8 Å². The van der Waals surface area contributed by atoms with Crippen LogP contribution in [0, 0.1) is 0 Å². The van der Waals surface area contributed by atoms with E-state index in [4.69, 9.17) is 4.42 Å². The fraction of sp³-hybridized carbons (Fsp3) is 0.312.